The molecule has 3 aromatic carbocycles. The summed E-state index contributed by atoms with van der Waals surface area (Å²) < 4.78 is 6.39. The van der Waals surface area contributed by atoms with Crippen molar-refractivity contribution in [1.29, 1.82) is 0 Å². The van der Waals surface area contributed by atoms with Crippen LogP contribution in [0.15, 0.2) is 77.3 Å². The van der Waals surface area contributed by atoms with E-state index < -0.39 is 0 Å². The lowest BCUT2D eigenvalue weighted by atomic mass is 10.1. The fourth-order valence-corrected chi connectivity index (χ4v) is 4.83. The summed E-state index contributed by atoms with van der Waals surface area (Å²) in [4.78, 5) is 27.3. The van der Waals surface area contributed by atoms with Crippen molar-refractivity contribution in [2.24, 2.45) is 0 Å². The number of rotatable bonds is 5. The van der Waals surface area contributed by atoms with Gasteiger partial charge in [0.05, 0.1) is 18.6 Å². The third-order valence-electron chi connectivity index (χ3n) is 4.79. The molecule has 0 aliphatic carbocycles. The Morgan fingerprint density at radius 2 is 1.77 bits per heavy atom. The van der Waals surface area contributed by atoms with Gasteiger partial charge in [0.2, 0.25) is 5.91 Å². The van der Waals surface area contributed by atoms with Crippen LogP contribution in [0.4, 0.5) is 11.4 Å². The summed E-state index contributed by atoms with van der Waals surface area (Å²) in [5.74, 6) is 0.795. The maximum Gasteiger partial charge on any atom is 0.255 e. The first-order valence-corrected chi connectivity index (χ1v) is 11.1. The molecule has 4 rings (SSSR count). The summed E-state index contributed by atoms with van der Waals surface area (Å²) in [5.41, 5.74) is 2.82. The molecule has 1 N–H and O–H groups in total. The van der Waals surface area contributed by atoms with E-state index in [2.05, 4.69) is 21.2 Å². The molecule has 2 amide bonds. The molecule has 30 heavy (non-hydrogen) atoms. The molecule has 152 valence electrons. The Morgan fingerprint density at radius 1 is 1.07 bits per heavy atom. The Kier molecular flexibility index (Phi) is 6.11. The van der Waals surface area contributed by atoms with Crippen molar-refractivity contribution in [3.8, 4) is 5.75 Å². The lowest BCUT2D eigenvalue weighted by molar-refractivity contribution is -0.115. The topological polar surface area (TPSA) is 58.6 Å². The van der Waals surface area contributed by atoms with Crippen LogP contribution >= 0.6 is 27.7 Å². The van der Waals surface area contributed by atoms with E-state index in [0.29, 0.717) is 28.4 Å². The fraction of sp³-hybridized carbons (Fsp3) is 0.130. The minimum absolute atomic E-state index is 0.00328. The van der Waals surface area contributed by atoms with Crippen molar-refractivity contribution in [2.45, 2.75) is 5.37 Å². The molecular formula is C23H19BrN2O3S. The van der Waals surface area contributed by atoms with Crippen LogP contribution in [0.5, 0.6) is 5.75 Å². The number of carbonyl (C=O) groups is 2. The first-order valence-electron chi connectivity index (χ1n) is 9.31. The van der Waals surface area contributed by atoms with E-state index in [9.17, 15) is 9.59 Å². The third-order valence-corrected chi connectivity index (χ3v) is 6.52. The first kappa shape index (κ1) is 20.5. The number of ether oxygens (including phenoxy) is 1. The molecule has 0 unspecified atom stereocenters. The van der Waals surface area contributed by atoms with E-state index >= 15 is 0 Å². The van der Waals surface area contributed by atoms with E-state index in [0.717, 1.165) is 10.0 Å². The number of anilines is 2. The summed E-state index contributed by atoms with van der Waals surface area (Å²) >= 11 is 4.91. The van der Waals surface area contributed by atoms with Crippen LogP contribution in [0.3, 0.4) is 0 Å². The van der Waals surface area contributed by atoms with Gasteiger partial charge in [0.1, 0.15) is 11.1 Å². The van der Waals surface area contributed by atoms with E-state index in [1.54, 1.807) is 24.1 Å². The Balaban J connectivity index is 1.68. The van der Waals surface area contributed by atoms with E-state index in [1.165, 1.54) is 11.8 Å². The number of methoxy groups -OCH3 is 1. The Hall–Kier alpha value is -2.77. The molecule has 1 saturated heterocycles. The average Bonchev–Trinajstić information content (AvgIpc) is 3.15. The van der Waals surface area contributed by atoms with Crippen LogP contribution in [-0.4, -0.2) is 24.7 Å². The molecule has 1 aliphatic rings. The van der Waals surface area contributed by atoms with Crippen LogP contribution in [-0.2, 0) is 4.79 Å². The summed E-state index contributed by atoms with van der Waals surface area (Å²) in [6.45, 7) is 0. The second-order valence-corrected chi connectivity index (χ2v) is 8.63. The highest BCUT2D eigenvalue weighted by Crippen LogP contribution is 2.46. The number of thioether (sulfide) groups is 1. The number of para-hydroxylation sites is 3. The van der Waals surface area contributed by atoms with Crippen molar-refractivity contribution >= 4 is 50.9 Å². The van der Waals surface area contributed by atoms with Gasteiger partial charge in [-0.05, 0) is 42.5 Å². The van der Waals surface area contributed by atoms with Crippen molar-refractivity contribution in [3.05, 3.63) is 88.4 Å². The molecule has 0 saturated carbocycles. The number of nitrogens with zero attached hydrogens (tertiary/aromatic N) is 1. The molecule has 1 aliphatic heterocycles. The molecule has 0 bridgehead atoms. The normalized spacial score (nSPS) is 15.9. The Labute approximate surface area is 187 Å². The second kappa shape index (κ2) is 8.93. The van der Waals surface area contributed by atoms with Gasteiger partial charge < -0.3 is 10.1 Å². The maximum absolute atomic E-state index is 12.8. The minimum Gasteiger partial charge on any atom is -0.495 e. The monoisotopic (exact) mass is 482 g/mol. The van der Waals surface area contributed by atoms with Gasteiger partial charge in [0.15, 0.2) is 0 Å². The highest BCUT2D eigenvalue weighted by molar-refractivity contribution is 9.10. The molecule has 1 atom stereocenters. The minimum atomic E-state index is -0.268. The standard InChI is InChI=1S/C23H19BrN2O3S/c1-29-20-9-5-4-8-19(20)26-21(27)14-30-23(26)17-6-2-3-7-18(17)25-22(28)15-10-12-16(24)13-11-15/h2-13,23H,14H2,1H3,(H,25,28)/t23-/m0/s1. The zero-order chi connectivity index (χ0) is 21.1. The largest absolute Gasteiger partial charge is 0.495 e. The molecule has 1 fully saturated rings. The zero-order valence-electron chi connectivity index (χ0n) is 16.2. The number of nitrogens with one attached hydrogen (secondary N) is 1. The second-order valence-electron chi connectivity index (χ2n) is 6.65. The van der Waals surface area contributed by atoms with Gasteiger partial charge in [-0.2, -0.15) is 0 Å². The number of hydrogen-bond donors (Lipinski definition) is 1. The lowest BCUT2D eigenvalue weighted by Gasteiger charge is -2.27. The smallest absolute Gasteiger partial charge is 0.255 e. The van der Waals surface area contributed by atoms with E-state index in [-0.39, 0.29) is 17.2 Å². The maximum atomic E-state index is 12.8. The number of hydrogen-bond acceptors (Lipinski definition) is 4. The number of benzene rings is 3. The van der Waals surface area contributed by atoms with Gasteiger partial charge in [0.25, 0.3) is 5.91 Å². The van der Waals surface area contributed by atoms with Crippen molar-refractivity contribution in [1.82, 2.24) is 0 Å². The van der Waals surface area contributed by atoms with Gasteiger partial charge in [-0.25, -0.2) is 0 Å². The van der Waals surface area contributed by atoms with Gasteiger partial charge in [0, 0.05) is 21.3 Å². The van der Waals surface area contributed by atoms with E-state index in [1.807, 2.05) is 60.7 Å². The van der Waals surface area contributed by atoms with Gasteiger partial charge in [-0.15, -0.1) is 11.8 Å². The van der Waals surface area contributed by atoms with E-state index in [4.69, 9.17) is 4.74 Å². The molecule has 1 heterocycles. The molecular weight excluding hydrogens is 464 g/mol. The summed E-state index contributed by atoms with van der Waals surface area (Å²) in [5, 5.41) is 2.73. The lowest BCUT2D eigenvalue weighted by Crippen LogP contribution is -2.29. The SMILES string of the molecule is COc1ccccc1N1C(=O)CS[C@H]1c1ccccc1NC(=O)c1ccc(Br)cc1. The number of amides is 2. The number of carbonyl (C=O) groups excluding carboxylic acids is 2. The molecule has 0 radical (unpaired) electrons. The molecule has 3 aromatic rings. The summed E-state index contributed by atoms with van der Waals surface area (Å²) in [6.07, 6.45) is 0. The number of halogens is 1. The van der Waals surface area contributed by atoms with Crippen molar-refractivity contribution in [2.75, 3.05) is 23.1 Å². The van der Waals surface area contributed by atoms with Crippen molar-refractivity contribution in [3.63, 3.8) is 0 Å². The molecule has 0 spiro atoms. The van der Waals surface area contributed by atoms with Gasteiger partial charge in [-0.3, -0.25) is 14.5 Å². The van der Waals surface area contributed by atoms with Gasteiger partial charge in [-0.1, -0.05) is 46.3 Å². The molecule has 7 heteroatoms. The quantitative estimate of drug-likeness (QED) is 0.522. The van der Waals surface area contributed by atoms with Crippen LogP contribution in [0.1, 0.15) is 21.3 Å². The molecule has 5 nitrogen and oxygen atoms in total. The third kappa shape index (κ3) is 4.08. The van der Waals surface area contributed by atoms with Crippen molar-refractivity contribution < 1.29 is 14.3 Å². The Bertz CT molecular complexity index is 1090. The fourth-order valence-electron chi connectivity index (χ4n) is 3.37. The highest BCUT2D eigenvalue weighted by Gasteiger charge is 2.36. The predicted molar refractivity (Wildman–Crippen MR) is 124 cm³/mol. The van der Waals surface area contributed by atoms with Crippen LogP contribution in [0, 0.1) is 0 Å². The van der Waals surface area contributed by atoms with Gasteiger partial charge >= 0.3 is 0 Å². The average molecular weight is 483 g/mol. The zero-order valence-corrected chi connectivity index (χ0v) is 18.6. The highest BCUT2D eigenvalue weighted by atomic mass is 79.9. The summed E-state index contributed by atoms with van der Waals surface area (Å²) in [7, 11) is 1.59. The summed E-state index contributed by atoms with van der Waals surface area (Å²) in [6, 6.07) is 22.2. The first-order chi connectivity index (χ1) is 14.6. The van der Waals surface area contributed by atoms with Crippen LogP contribution in [0.2, 0.25) is 0 Å². The van der Waals surface area contributed by atoms with Crippen LogP contribution in [0.25, 0.3) is 0 Å². The van der Waals surface area contributed by atoms with Crippen LogP contribution < -0.4 is 15.0 Å². The Morgan fingerprint density at radius 3 is 2.53 bits per heavy atom. The predicted octanol–water partition coefficient (Wildman–Crippen LogP) is 5.49. The molecule has 0 aromatic heterocycles.